The van der Waals surface area contributed by atoms with Crippen molar-refractivity contribution in [2.24, 2.45) is 0 Å². The predicted octanol–water partition coefficient (Wildman–Crippen LogP) is 3.65. The molecule has 0 bridgehead atoms. The minimum atomic E-state index is -1.07. The van der Waals surface area contributed by atoms with Crippen molar-refractivity contribution in [1.82, 2.24) is 5.32 Å². The lowest BCUT2D eigenvalue weighted by Crippen LogP contribution is -2.33. The van der Waals surface area contributed by atoms with E-state index in [4.69, 9.17) is 0 Å². The van der Waals surface area contributed by atoms with Gasteiger partial charge >= 0.3 is 6.03 Å². The molecule has 0 heterocycles. The van der Waals surface area contributed by atoms with E-state index in [0.717, 1.165) is 11.3 Å². The number of thioether (sulfide) groups is 1. The van der Waals surface area contributed by atoms with Crippen LogP contribution in [0.25, 0.3) is 0 Å². The highest BCUT2D eigenvalue weighted by atomic mass is 32.2. The summed E-state index contributed by atoms with van der Waals surface area (Å²) in [5.74, 6) is 0.788. The number of carbonyl (C=O) groups is 1. The van der Waals surface area contributed by atoms with Crippen molar-refractivity contribution in [3.63, 3.8) is 0 Å². The largest absolute Gasteiger partial charge is 0.330 e. The highest BCUT2D eigenvalue weighted by Crippen LogP contribution is 2.18. The molecular weight excluding hydrogens is 328 g/mol. The highest BCUT2D eigenvalue weighted by molar-refractivity contribution is 7.98. The fourth-order valence-corrected chi connectivity index (χ4v) is 3.32. The van der Waals surface area contributed by atoms with Crippen molar-refractivity contribution in [2.45, 2.75) is 10.9 Å². The topological polar surface area (TPSA) is 58.2 Å². The Balaban J connectivity index is 2.05. The maximum Gasteiger partial charge on any atom is 0.319 e. The second-order valence-electron chi connectivity index (χ2n) is 5.00. The SMILES string of the molecule is CSC[C@@H](NC(=O)Nc1cccc([S@](C)=O)c1)c1ccccc1. The van der Waals surface area contributed by atoms with E-state index in [1.165, 1.54) is 0 Å². The Morgan fingerprint density at radius 1 is 1.17 bits per heavy atom. The van der Waals surface area contributed by atoms with Crippen molar-refractivity contribution in [3.05, 3.63) is 60.2 Å². The molecule has 4 nitrogen and oxygen atoms in total. The van der Waals surface area contributed by atoms with Gasteiger partial charge in [-0.15, -0.1) is 0 Å². The summed E-state index contributed by atoms with van der Waals surface area (Å²) in [5.41, 5.74) is 1.70. The summed E-state index contributed by atoms with van der Waals surface area (Å²) >= 11 is 1.68. The molecule has 0 radical (unpaired) electrons. The normalized spacial score (nSPS) is 13.1. The van der Waals surface area contributed by atoms with Gasteiger partial charge in [-0.25, -0.2) is 4.79 Å². The van der Waals surface area contributed by atoms with Crippen LogP contribution >= 0.6 is 11.8 Å². The lowest BCUT2D eigenvalue weighted by Gasteiger charge is -2.19. The van der Waals surface area contributed by atoms with E-state index in [1.54, 1.807) is 42.3 Å². The first kappa shape index (κ1) is 17.6. The average Bonchev–Trinajstić information content (AvgIpc) is 2.55. The molecule has 0 unspecified atom stereocenters. The number of rotatable bonds is 6. The molecule has 2 amide bonds. The monoisotopic (exact) mass is 348 g/mol. The molecule has 2 aromatic rings. The smallest absolute Gasteiger partial charge is 0.319 e. The number of anilines is 1. The third-order valence-corrected chi connectivity index (χ3v) is 4.85. The van der Waals surface area contributed by atoms with Gasteiger partial charge in [0.25, 0.3) is 0 Å². The van der Waals surface area contributed by atoms with Gasteiger partial charge in [-0.2, -0.15) is 11.8 Å². The zero-order valence-electron chi connectivity index (χ0n) is 13.1. The fourth-order valence-electron chi connectivity index (χ4n) is 2.15. The second kappa shape index (κ2) is 8.74. The van der Waals surface area contributed by atoms with Crippen molar-refractivity contribution in [2.75, 3.05) is 23.6 Å². The molecule has 2 atom stereocenters. The molecule has 23 heavy (non-hydrogen) atoms. The molecule has 6 heteroatoms. The van der Waals surface area contributed by atoms with Crippen molar-refractivity contribution in [1.29, 1.82) is 0 Å². The molecule has 122 valence electrons. The quantitative estimate of drug-likeness (QED) is 0.838. The van der Waals surface area contributed by atoms with E-state index in [9.17, 15) is 9.00 Å². The molecule has 0 aliphatic carbocycles. The van der Waals surface area contributed by atoms with Gasteiger partial charge in [-0.1, -0.05) is 36.4 Å². The van der Waals surface area contributed by atoms with E-state index in [0.29, 0.717) is 10.6 Å². The number of hydrogen-bond acceptors (Lipinski definition) is 3. The van der Waals surface area contributed by atoms with Crippen molar-refractivity contribution < 1.29 is 9.00 Å². The zero-order valence-corrected chi connectivity index (χ0v) is 14.7. The average molecular weight is 348 g/mol. The number of hydrogen-bond donors (Lipinski definition) is 2. The molecular formula is C17H20N2O2S2. The van der Waals surface area contributed by atoms with Gasteiger partial charge in [0, 0.05) is 33.4 Å². The van der Waals surface area contributed by atoms with E-state index in [2.05, 4.69) is 10.6 Å². The number of urea groups is 1. The summed E-state index contributed by atoms with van der Waals surface area (Å²) in [6.07, 6.45) is 3.62. The number of carbonyl (C=O) groups excluding carboxylic acids is 1. The van der Waals surface area contributed by atoms with E-state index < -0.39 is 10.8 Å². The number of amides is 2. The Labute approximate surface area is 143 Å². The van der Waals surface area contributed by atoms with Crippen LogP contribution in [-0.2, 0) is 10.8 Å². The van der Waals surface area contributed by atoms with E-state index in [1.807, 2.05) is 36.6 Å². The van der Waals surface area contributed by atoms with Gasteiger partial charge in [-0.3, -0.25) is 4.21 Å². The summed E-state index contributed by atoms with van der Waals surface area (Å²) in [6.45, 7) is 0. The highest BCUT2D eigenvalue weighted by Gasteiger charge is 2.14. The summed E-state index contributed by atoms with van der Waals surface area (Å²) in [7, 11) is -1.07. The molecule has 2 N–H and O–H groups in total. The lowest BCUT2D eigenvalue weighted by atomic mass is 10.1. The summed E-state index contributed by atoms with van der Waals surface area (Å²) in [4.78, 5) is 12.9. The van der Waals surface area contributed by atoms with Crippen LogP contribution in [0.2, 0.25) is 0 Å². The first-order valence-electron chi connectivity index (χ1n) is 7.15. The van der Waals surface area contributed by atoms with Crippen molar-refractivity contribution in [3.8, 4) is 0 Å². The maximum absolute atomic E-state index is 12.2. The van der Waals surface area contributed by atoms with Crippen LogP contribution in [0.1, 0.15) is 11.6 Å². The molecule has 0 saturated carbocycles. The van der Waals surface area contributed by atoms with Crippen molar-refractivity contribution >= 4 is 34.3 Å². The second-order valence-corrected chi connectivity index (χ2v) is 7.29. The maximum atomic E-state index is 12.2. The van der Waals surface area contributed by atoms with Gasteiger partial charge < -0.3 is 10.6 Å². The van der Waals surface area contributed by atoms with Crippen LogP contribution in [0, 0.1) is 0 Å². The van der Waals surface area contributed by atoms with Gasteiger partial charge in [0.2, 0.25) is 0 Å². The van der Waals surface area contributed by atoms with Crippen LogP contribution in [0.3, 0.4) is 0 Å². The first-order valence-corrected chi connectivity index (χ1v) is 10.1. The summed E-state index contributed by atoms with van der Waals surface area (Å²) in [6, 6.07) is 16.6. The molecule has 0 aromatic heterocycles. The van der Waals surface area contributed by atoms with E-state index >= 15 is 0 Å². The Hall–Kier alpha value is -1.79. The third-order valence-electron chi connectivity index (χ3n) is 3.26. The fraction of sp³-hybridized carbons (Fsp3) is 0.235. The Morgan fingerprint density at radius 3 is 2.57 bits per heavy atom. The van der Waals surface area contributed by atoms with Crippen LogP contribution in [0.15, 0.2) is 59.5 Å². The van der Waals surface area contributed by atoms with Gasteiger partial charge in [-0.05, 0) is 30.0 Å². The molecule has 2 rings (SSSR count). The minimum Gasteiger partial charge on any atom is -0.330 e. The number of nitrogens with one attached hydrogen (secondary N) is 2. The molecule has 0 fully saturated rings. The van der Waals surface area contributed by atoms with Gasteiger partial charge in [0.15, 0.2) is 0 Å². The lowest BCUT2D eigenvalue weighted by molar-refractivity contribution is 0.249. The molecule has 2 aromatic carbocycles. The Bertz CT molecular complexity index is 677. The molecule has 0 spiro atoms. The summed E-state index contributed by atoms with van der Waals surface area (Å²) in [5, 5.41) is 5.79. The molecule has 0 aliphatic heterocycles. The third kappa shape index (κ3) is 5.41. The van der Waals surface area contributed by atoms with Crippen LogP contribution in [0.4, 0.5) is 10.5 Å². The molecule has 0 aliphatic rings. The first-order chi connectivity index (χ1) is 11.1. The van der Waals surface area contributed by atoms with Crippen LogP contribution in [0.5, 0.6) is 0 Å². The van der Waals surface area contributed by atoms with E-state index in [-0.39, 0.29) is 12.1 Å². The van der Waals surface area contributed by atoms with Crippen LogP contribution in [-0.4, -0.2) is 28.5 Å². The predicted molar refractivity (Wildman–Crippen MR) is 98.5 cm³/mol. The molecule has 0 saturated heterocycles. The van der Waals surface area contributed by atoms with Gasteiger partial charge in [0.05, 0.1) is 6.04 Å². The standard InChI is InChI=1S/C17H20N2O2S2/c1-22-12-16(13-7-4-3-5-8-13)19-17(20)18-14-9-6-10-15(11-14)23(2)21/h3-11,16H,12H2,1-2H3,(H2,18,19,20)/t16-,23+/m1/s1. The summed E-state index contributed by atoms with van der Waals surface area (Å²) < 4.78 is 11.5. The number of benzene rings is 2. The Kier molecular flexibility index (Phi) is 6.67. The zero-order chi connectivity index (χ0) is 16.7. The minimum absolute atomic E-state index is 0.0605. The van der Waals surface area contributed by atoms with Crippen LogP contribution < -0.4 is 10.6 Å². The Morgan fingerprint density at radius 2 is 1.91 bits per heavy atom. The van der Waals surface area contributed by atoms with Gasteiger partial charge in [0.1, 0.15) is 0 Å².